The van der Waals surface area contributed by atoms with Gasteiger partial charge in [0.15, 0.2) is 5.65 Å². The first-order valence-electron chi connectivity index (χ1n) is 10.3. The quantitative estimate of drug-likeness (QED) is 0.862. The zero-order valence-electron chi connectivity index (χ0n) is 16.0. The highest BCUT2D eigenvalue weighted by atomic mass is 16.2. The number of aryl methyl sites for hydroxylation is 1. The van der Waals surface area contributed by atoms with Crippen molar-refractivity contribution in [2.45, 2.75) is 51.0 Å². The van der Waals surface area contributed by atoms with Crippen molar-refractivity contribution in [1.29, 1.82) is 0 Å². The molecule has 0 bridgehead atoms. The van der Waals surface area contributed by atoms with Gasteiger partial charge in [0.1, 0.15) is 0 Å². The van der Waals surface area contributed by atoms with Gasteiger partial charge in [-0.3, -0.25) is 9.89 Å². The zero-order chi connectivity index (χ0) is 18.4. The lowest BCUT2D eigenvalue weighted by Gasteiger charge is -2.37. The highest BCUT2D eigenvalue weighted by molar-refractivity contribution is 5.94. The number of rotatable bonds is 4. The maximum atomic E-state index is 12.6. The number of pyridine rings is 1. The molecule has 2 aliphatic heterocycles. The SMILES string of the molecule is Cc1[nH]nc2ncc(C3CC3)c(N3CCN(C(=O)C[C@H]4CCCN4)CC3)c12. The van der Waals surface area contributed by atoms with Crippen LogP contribution in [0.2, 0.25) is 0 Å². The molecule has 3 aliphatic rings. The highest BCUT2D eigenvalue weighted by Crippen LogP contribution is 2.46. The van der Waals surface area contributed by atoms with Crippen molar-refractivity contribution in [3.63, 3.8) is 0 Å². The van der Waals surface area contributed by atoms with Gasteiger partial charge in [0.25, 0.3) is 0 Å². The third-order valence-corrected chi connectivity index (χ3v) is 6.31. The molecule has 0 unspecified atom stereocenters. The summed E-state index contributed by atoms with van der Waals surface area (Å²) in [6.45, 7) is 6.50. The van der Waals surface area contributed by atoms with Crippen molar-refractivity contribution < 1.29 is 4.79 Å². The lowest BCUT2D eigenvalue weighted by Crippen LogP contribution is -2.50. The summed E-state index contributed by atoms with van der Waals surface area (Å²) in [6.07, 6.45) is 7.50. The third-order valence-electron chi connectivity index (χ3n) is 6.31. The molecule has 0 spiro atoms. The fourth-order valence-corrected chi connectivity index (χ4v) is 4.61. The van der Waals surface area contributed by atoms with E-state index in [2.05, 4.69) is 32.3 Å². The Balaban J connectivity index is 1.34. The molecule has 3 fully saturated rings. The van der Waals surface area contributed by atoms with E-state index in [1.807, 2.05) is 11.1 Å². The third kappa shape index (κ3) is 3.18. The summed E-state index contributed by atoms with van der Waals surface area (Å²) in [4.78, 5) is 21.7. The summed E-state index contributed by atoms with van der Waals surface area (Å²) < 4.78 is 0. The number of nitrogens with zero attached hydrogens (tertiary/aromatic N) is 4. The molecule has 144 valence electrons. The summed E-state index contributed by atoms with van der Waals surface area (Å²) in [5.41, 5.74) is 4.55. The number of aromatic amines is 1. The number of aromatic nitrogens is 3. The Labute approximate surface area is 159 Å². The van der Waals surface area contributed by atoms with Crippen molar-refractivity contribution in [3.8, 4) is 0 Å². The predicted octanol–water partition coefficient (Wildman–Crippen LogP) is 1.93. The van der Waals surface area contributed by atoms with E-state index >= 15 is 0 Å². The first kappa shape index (κ1) is 17.0. The van der Waals surface area contributed by atoms with Gasteiger partial charge in [-0.15, -0.1) is 0 Å². The van der Waals surface area contributed by atoms with Crippen LogP contribution in [0.5, 0.6) is 0 Å². The van der Waals surface area contributed by atoms with Crippen molar-refractivity contribution in [3.05, 3.63) is 17.5 Å². The molecule has 1 saturated carbocycles. The molecule has 1 aliphatic carbocycles. The summed E-state index contributed by atoms with van der Waals surface area (Å²) in [6, 6.07) is 0.380. The lowest BCUT2D eigenvalue weighted by molar-refractivity contribution is -0.131. The number of hydrogen-bond donors (Lipinski definition) is 2. The number of fused-ring (bicyclic) bond motifs is 1. The minimum Gasteiger partial charge on any atom is -0.367 e. The van der Waals surface area contributed by atoms with Crippen LogP contribution in [0.1, 0.15) is 49.3 Å². The van der Waals surface area contributed by atoms with E-state index in [4.69, 9.17) is 0 Å². The molecule has 7 heteroatoms. The van der Waals surface area contributed by atoms with Gasteiger partial charge in [-0.05, 0) is 50.6 Å². The smallest absolute Gasteiger partial charge is 0.224 e. The van der Waals surface area contributed by atoms with E-state index < -0.39 is 0 Å². The topological polar surface area (TPSA) is 77.2 Å². The molecule has 0 radical (unpaired) electrons. The van der Waals surface area contributed by atoms with Crippen molar-refractivity contribution in [1.82, 2.24) is 25.4 Å². The second kappa shape index (κ2) is 6.78. The molecular formula is C20H28N6O. The first-order chi connectivity index (χ1) is 13.2. The van der Waals surface area contributed by atoms with Crippen LogP contribution in [0.4, 0.5) is 5.69 Å². The van der Waals surface area contributed by atoms with E-state index in [9.17, 15) is 4.79 Å². The fraction of sp³-hybridized carbons (Fsp3) is 0.650. The van der Waals surface area contributed by atoms with Crippen molar-refractivity contribution >= 4 is 22.6 Å². The van der Waals surface area contributed by atoms with Crippen molar-refractivity contribution in [2.24, 2.45) is 0 Å². The van der Waals surface area contributed by atoms with E-state index in [1.165, 1.54) is 30.5 Å². The molecule has 7 nitrogen and oxygen atoms in total. The zero-order valence-corrected chi connectivity index (χ0v) is 16.0. The number of carbonyl (C=O) groups is 1. The minimum absolute atomic E-state index is 0.302. The Kier molecular flexibility index (Phi) is 4.27. The number of hydrogen-bond acceptors (Lipinski definition) is 5. The molecule has 1 amide bonds. The molecule has 5 rings (SSSR count). The second-order valence-electron chi connectivity index (χ2n) is 8.25. The molecule has 2 N–H and O–H groups in total. The summed E-state index contributed by atoms with van der Waals surface area (Å²) >= 11 is 0. The van der Waals surface area contributed by atoms with E-state index in [-0.39, 0.29) is 0 Å². The minimum atomic E-state index is 0.302. The molecule has 1 atom stereocenters. The molecule has 2 aromatic rings. The van der Waals surface area contributed by atoms with Crippen LogP contribution in [0, 0.1) is 6.92 Å². The Morgan fingerprint density at radius 1 is 1.22 bits per heavy atom. The molecule has 27 heavy (non-hydrogen) atoms. The van der Waals surface area contributed by atoms with Crippen LogP contribution in [-0.4, -0.2) is 64.8 Å². The average Bonchev–Trinajstić information content (AvgIpc) is 3.29. The number of H-pyrrole nitrogens is 1. The summed E-state index contributed by atoms with van der Waals surface area (Å²) in [7, 11) is 0. The van der Waals surface area contributed by atoms with Crippen LogP contribution >= 0.6 is 0 Å². The van der Waals surface area contributed by atoms with Crippen LogP contribution < -0.4 is 10.2 Å². The standard InChI is InChI=1S/C20H28N6O/c1-13-18-19(16(14-4-5-14)12-22-20(18)24-23-13)26-9-7-25(8-10-26)17(27)11-15-3-2-6-21-15/h12,14-15,21H,2-11H2,1H3,(H,22,23,24)/t15-/m1/s1. The second-order valence-corrected chi connectivity index (χ2v) is 8.25. The van der Waals surface area contributed by atoms with Gasteiger partial charge in [0.05, 0.1) is 11.1 Å². The van der Waals surface area contributed by atoms with Crippen LogP contribution in [-0.2, 0) is 4.79 Å². The van der Waals surface area contributed by atoms with E-state index in [1.54, 1.807) is 0 Å². The fourth-order valence-electron chi connectivity index (χ4n) is 4.61. The predicted molar refractivity (Wildman–Crippen MR) is 105 cm³/mol. The first-order valence-corrected chi connectivity index (χ1v) is 10.3. The van der Waals surface area contributed by atoms with Crippen LogP contribution in [0.3, 0.4) is 0 Å². The Hall–Kier alpha value is -2.15. The van der Waals surface area contributed by atoms with Crippen LogP contribution in [0.25, 0.3) is 11.0 Å². The summed E-state index contributed by atoms with van der Waals surface area (Å²) in [5, 5.41) is 12.1. The van der Waals surface area contributed by atoms with Gasteiger partial charge in [-0.2, -0.15) is 5.10 Å². The van der Waals surface area contributed by atoms with Gasteiger partial charge in [0.2, 0.25) is 5.91 Å². The van der Waals surface area contributed by atoms with Crippen molar-refractivity contribution in [2.75, 3.05) is 37.6 Å². The number of amides is 1. The highest BCUT2D eigenvalue weighted by Gasteiger charge is 2.32. The molecule has 4 heterocycles. The van der Waals surface area contributed by atoms with Gasteiger partial charge in [-0.1, -0.05) is 0 Å². The van der Waals surface area contributed by atoms with Gasteiger partial charge in [0, 0.05) is 50.5 Å². The lowest BCUT2D eigenvalue weighted by atomic mass is 10.0. The summed E-state index contributed by atoms with van der Waals surface area (Å²) in [5.74, 6) is 0.940. The molecule has 0 aromatic carbocycles. The molecule has 2 aromatic heterocycles. The maximum Gasteiger partial charge on any atom is 0.224 e. The van der Waals surface area contributed by atoms with Gasteiger partial charge in [-0.25, -0.2) is 4.98 Å². The Morgan fingerprint density at radius 2 is 2.04 bits per heavy atom. The molecule has 2 saturated heterocycles. The van der Waals surface area contributed by atoms with Gasteiger partial charge >= 0.3 is 0 Å². The monoisotopic (exact) mass is 368 g/mol. The average molecular weight is 368 g/mol. The Morgan fingerprint density at radius 3 is 2.74 bits per heavy atom. The van der Waals surface area contributed by atoms with E-state index in [0.717, 1.165) is 55.9 Å². The van der Waals surface area contributed by atoms with Crippen LogP contribution in [0.15, 0.2) is 6.20 Å². The largest absolute Gasteiger partial charge is 0.367 e. The van der Waals surface area contributed by atoms with Gasteiger partial charge < -0.3 is 15.1 Å². The normalized spacial score (nSPS) is 23.4. The Bertz CT molecular complexity index is 844. The maximum absolute atomic E-state index is 12.6. The van der Waals surface area contributed by atoms with E-state index in [0.29, 0.717) is 24.3 Å². The number of piperazine rings is 1. The number of carbonyl (C=O) groups excluding carboxylic acids is 1. The molecular weight excluding hydrogens is 340 g/mol. The number of nitrogens with one attached hydrogen (secondary N) is 2. The number of anilines is 1.